The normalized spacial score (nSPS) is 20.2. The van der Waals surface area contributed by atoms with E-state index in [-0.39, 0.29) is 0 Å². The van der Waals surface area contributed by atoms with E-state index >= 15 is 0 Å². The number of aromatic nitrogens is 3. The van der Waals surface area contributed by atoms with E-state index in [2.05, 4.69) is 39.1 Å². The van der Waals surface area contributed by atoms with Crippen molar-refractivity contribution >= 4 is 0 Å². The summed E-state index contributed by atoms with van der Waals surface area (Å²) in [6, 6.07) is 4.29. The van der Waals surface area contributed by atoms with Crippen molar-refractivity contribution in [3.05, 3.63) is 41.3 Å². The second-order valence-corrected chi connectivity index (χ2v) is 8.02. The van der Waals surface area contributed by atoms with Gasteiger partial charge in [0.05, 0.1) is 5.69 Å². The van der Waals surface area contributed by atoms with Crippen LogP contribution in [0.25, 0.3) is 0 Å². The first-order chi connectivity index (χ1) is 13.3. The predicted octanol–water partition coefficient (Wildman–Crippen LogP) is 3.51. The average Bonchev–Trinajstić information content (AvgIpc) is 3.19. The molecular weight excluding hydrogens is 340 g/mol. The van der Waals surface area contributed by atoms with Gasteiger partial charge in [-0.15, -0.1) is 0 Å². The third-order valence-corrected chi connectivity index (χ3v) is 5.90. The second kappa shape index (κ2) is 8.93. The van der Waals surface area contributed by atoms with Crippen LogP contribution in [-0.4, -0.2) is 46.3 Å². The highest BCUT2D eigenvalue weighted by atomic mass is 16.5. The Morgan fingerprint density at radius 1 is 1.11 bits per heavy atom. The molecule has 2 aromatic heterocycles. The summed E-state index contributed by atoms with van der Waals surface area (Å²) in [5.74, 6) is 2.84. The highest BCUT2D eigenvalue weighted by Crippen LogP contribution is 2.26. The molecule has 0 radical (unpaired) electrons. The lowest BCUT2D eigenvalue weighted by molar-refractivity contribution is 0.0778. The molecule has 6 heteroatoms. The molecule has 2 saturated heterocycles. The quantitative estimate of drug-likeness (QED) is 0.775. The van der Waals surface area contributed by atoms with Crippen LogP contribution in [-0.2, 0) is 17.7 Å². The maximum atomic E-state index is 5.50. The summed E-state index contributed by atoms with van der Waals surface area (Å²) in [7, 11) is 0. The van der Waals surface area contributed by atoms with Crippen molar-refractivity contribution in [2.45, 2.75) is 57.9 Å². The Hall–Kier alpha value is -1.79. The summed E-state index contributed by atoms with van der Waals surface area (Å²) in [6.07, 6.45) is 8.53. The summed E-state index contributed by atoms with van der Waals surface area (Å²) < 4.78 is 10.9. The number of hydrogen-bond donors (Lipinski definition) is 0. The molecule has 6 nitrogen and oxygen atoms in total. The standard InChI is InChI=1S/C21H30N4O2/c1-16-2-4-19(22-14-16)15-25-10-6-17(7-11-25)3-5-20-23-21(27-24-20)18-8-12-26-13-9-18/h2,4,14,17-18H,3,5-13,15H2,1H3. The molecule has 2 aromatic rings. The van der Waals surface area contributed by atoms with Crippen LogP contribution in [0.3, 0.4) is 0 Å². The van der Waals surface area contributed by atoms with Crippen LogP contribution in [0.15, 0.2) is 22.9 Å². The van der Waals surface area contributed by atoms with Gasteiger partial charge in [-0.2, -0.15) is 4.98 Å². The molecule has 0 aliphatic carbocycles. The summed E-state index contributed by atoms with van der Waals surface area (Å²) in [5.41, 5.74) is 2.39. The van der Waals surface area contributed by atoms with E-state index in [0.717, 1.165) is 76.2 Å². The fourth-order valence-corrected chi connectivity index (χ4v) is 4.07. The first-order valence-electron chi connectivity index (χ1n) is 10.3. The van der Waals surface area contributed by atoms with Crippen molar-refractivity contribution in [2.24, 2.45) is 5.92 Å². The van der Waals surface area contributed by atoms with Gasteiger partial charge < -0.3 is 9.26 Å². The monoisotopic (exact) mass is 370 g/mol. The molecule has 146 valence electrons. The number of aryl methyl sites for hydroxylation is 2. The van der Waals surface area contributed by atoms with Crippen LogP contribution in [0.2, 0.25) is 0 Å². The smallest absolute Gasteiger partial charge is 0.229 e. The molecule has 0 saturated carbocycles. The highest BCUT2D eigenvalue weighted by molar-refractivity contribution is 5.12. The summed E-state index contributed by atoms with van der Waals surface area (Å²) in [6.45, 7) is 6.96. The van der Waals surface area contributed by atoms with Crippen molar-refractivity contribution in [1.29, 1.82) is 0 Å². The molecular formula is C21H30N4O2. The molecule has 0 aromatic carbocycles. The van der Waals surface area contributed by atoms with E-state index in [0.29, 0.717) is 5.92 Å². The zero-order valence-corrected chi connectivity index (χ0v) is 16.3. The summed E-state index contributed by atoms with van der Waals surface area (Å²) in [5, 5.41) is 4.21. The van der Waals surface area contributed by atoms with Gasteiger partial charge in [0.2, 0.25) is 5.89 Å². The largest absolute Gasteiger partial charge is 0.381 e. The van der Waals surface area contributed by atoms with Gasteiger partial charge >= 0.3 is 0 Å². The fourth-order valence-electron chi connectivity index (χ4n) is 4.07. The van der Waals surface area contributed by atoms with Gasteiger partial charge in [0.25, 0.3) is 0 Å². The third-order valence-electron chi connectivity index (χ3n) is 5.90. The number of nitrogens with zero attached hydrogens (tertiary/aromatic N) is 4. The van der Waals surface area contributed by atoms with Crippen molar-refractivity contribution in [2.75, 3.05) is 26.3 Å². The van der Waals surface area contributed by atoms with Gasteiger partial charge in [-0.05, 0) is 69.7 Å². The van der Waals surface area contributed by atoms with Gasteiger partial charge in [0, 0.05) is 38.3 Å². The van der Waals surface area contributed by atoms with Crippen molar-refractivity contribution < 1.29 is 9.26 Å². The fraction of sp³-hybridized carbons (Fsp3) is 0.667. The lowest BCUT2D eigenvalue weighted by Gasteiger charge is -2.31. The predicted molar refractivity (Wildman–Crippen MR) is 102 cm³/mol. The minimum atomic E-state index is 0.388. The van der Waals surface area contributed by atoms with E-state index in [4.69, 9.17) is 9.26 Å². The Balaban J connectivity index is 1.19. The molecule has 2 aliphatic heterocycles. The van der Waals surface area contributed by atoms with E-state index < -0.39 is 0 Å². The molecule has 0 N–H and O–H groups in total. The van der Waals surface area contributed by atoms with E-state index in [1.54, 1.807) is 0 Å². The van der Waals surface area contributed by atoms with Crippen LogP contribution in [0.4, 0.5) is 0 Å². The Morgan fingerprint density at radius 3 is 2.67 bits per heavy atom. The molecule has 0 bridgehead atoms. The number of ether oxygens (including phenoxy) is 1. The van der Waals surface area contributed by atoms with Gasteiger partial charge in [-0.25, -0.2) is 0 Å². The number of pyridine rings is 1. The summed E-state index contributed by atoms with van der Waals surface area (Å²) >= 11 is 0. The first kappa shape index (κ1) is 18.6. The minimum Gasteiger partial charge on any atom is -0.381 e. The third kappa shape index (κ3) is 5.14. The van der Waals surface area contributed by atoms with Gasteiger partial charge in [0.15, 0.2) is 5.82 Å². The lowest BCUT2D eigenvalue weighted by atomic mass is 9.92. The molecule has 0 atom stereocenters. The number of rotatable bonds is 6. The molecule has 4 rings (SSSR count). The molecule has 27 heavy (non-hydrogen) atoms. The number of piperidine rings is 1. The van der Waals surface area contributed by atoms with Crippen LogP contribution >= 0.6 is 0 Å². The van der Waals surface area contributed by atoms with Crippen molar-refractivity contribution in [1.82, 2.24) is 20.0 Å². The Kier molecular flexibility index (Phi) is 6.14. The van der Waals surface area contributed by atoms with E-state index in [9.17, 15) is 0 Å². The number of likely N-dealkylation sites (tertiary alicyclic amines) is 1. The highest BCUT2D eigenvalue weighted by Gasteiger charge is 2.23. The SMILES string of the molecule is Cc1ccc(CN2CCC(CCc3noc(C4CCOCC4)n3)CC2)nc1. The van der Waals surface area contributed by atoms with Gasteiger partial charge in [-0.1, -0.05) is 11.2 Å². The summed E-state index contributed by atoms with van der Waals surface area (Å²) in [4.78, 5) is 11.7. The van der Waals surface area contributed by atoms with E-state index in [1.165, 1.54) is 24.1 Å². The Morgan fingerprint density at radius 2 is 1.93 bits per heavy atom. The van der Waals surface area contributed by atoms with Crippen LogP contribution in [0.5, 0.6) is 0 Å². The zero-order valence-electron chi connectivity index (χ0n) is 16.3. The topological polar surface area (TPSA) is 64.3 Å². The van der Waals surface area contributed by atoms with Crippen LogP contribution in [0, 0.1) is 12.8 Å². The minimum absolute atomic E-state index is 0.388. The molecule has 0 unspecified atom stereocenters. The molecule has 0 spiro atoms. The maximum Gasteiger partial charge on any atom is 0.229 e. The molecule has 0 amide bonds. The molecule has 4 heterocycles. The van der Waals surface area contributed by atoms with Crippen LogP contribution < -0.4 is 0 Å². The maximum absolute atomic E-state index is 5.50. The van der Waals surface area contributed by atoms with Gasteiger partial charge in [0.1, 0.15) is 0 Å². The van der Waals surface area contributed by atoms with E-state index in [1.807, 2.05) is 6.20 Å². The number of hydrogen-bond acceptors (Lipinski definition) is 6. The first-order valence-corrected chi connectivity index (χ1v) is 10.3. The lowest BCUT2D eigenvalue weighted by Crippen LogP contribution is -2.33. The van der Waals surface area contributed by atoms with Gasteiger partial charge in [-0.3, -0.25) is 9.88 Å². The molecule has 2 fully saturated rings. The Bertz CT molecular complexity index is 701. The Labute approximate surface area is 161 Å². The zero-order chi connectivity index (χ0) is 18.5. The van der Waals surface area contributed by atoms with Crippen molar-refractivity contribution in [3.63, 3.8) is 0 Å². The molecule has 2 aliphatic rings. The second-order valence-electron chi connectivity index (χ2n) is 8.02. The average molecular weight is 370 g/mol. The van der Waals surface area contributed by atoms with Crippen molar-refractivity contribution in [3.8, 4) is 0 Å². The van der Waals surface area contributed by atoms with Crippen LogP contribution in [0.1, 0.15) is 61.0 Å².